The normalized spacial score (nSPS) is 11.9. The van der Waals surface area contributed by atoms with E-state index in [9.17, 15) is 13.2 Å². The lowest BCUT2D eigenvalue weighted by molar-refractivity contribution is -0.141. The highest BCUT2D eigenvalue weighted by Crippen LogP contribution is 2.28. The van der Waals surface area contributed by atoms with E-state index in [1.54, 1.807) is 12.4 Å². The van der Waals surface area contributed by atoms with E-state index in [0.29, 0.717) is 11.6 Å². The molecule has 4 nitrogen and oxygen atoms in total. The Morgan fingerprint density at radius 3 is 2.47 bits per heavy atom. The van der Waals surface area contributed by atoms with Gasteiger partial charge in [-0.1, -0.05) is 0 Å². The van der Waals surface area contributed by atoms with Crippen LogP contribution in [-0.4, -0.2) is 14.5 Å². The molecular formula is C12H13F3N4. The van der Waals surface area contributed by atoms with Crippen LogP contribution >= 0.6 is 0 Å². The Kier molecular flexibility index (Phi) is 3.46. The molecule has 2 aromatic rings. The third-order valence-corrected chi connectivity index (χ3v) is 2.54. The first-order valence-corrected chi connectivity index (χ1v) is 5.71. The number of hydrogen-bond donors (Lipinski definition) is 1. The van der Waals surface area contributed by atoms with E-state index in [1.165, 1.54) is 6.07 Å². The summed E-state index contributed by atoms with van der Waals surface area (Å²) >= 11 is 0. The van der Waals surface area contributed by atoms with Crippen LogP contribution in [0.4, 0.5) is 24.8 Å². The standard InChI is InChI=1S/C12H13F3N4/c1-8(2)19-6-5-16-11(19)18-9-3-4-10(17-7-9)12(13,14)15/h3-8H,1-2H3,(H,16,18). The lowest BCUT2D eigenvalue weighted by atomic mass is 10.3. The van der Waals surface area contributed by atoms with E-state index in [2.05, 4.69) is 15.3 Å². The van der Waals surface area contributed by atoms with Gasteiger partial charge in [0.25, 0.3) is 0 Å². The minimum atomic E-state index is -4.42. The fraction of sp³-hybridized carbons (Fsp3) is 0.333. The van der Waals surface area contributed by atoms with Crippen LogP contribution in [0.25, 0.3) is 0 Å². The van der Waals surface area contributed by atoms with Crippen molar-refractivity contribution in [3.8, 4) is 0 Å². The number of alkyl halides is 3. The highest BCUT2D eigenvalue weighted by molar-refractivity contribution is 5.52. The Hall–Kier alpha value is -2.05. The monoisotopic (exact) mass is 270 g/mol. The second kappa shape index (κ2) is 4.91. The molecule has 0 radical (unpaired) electrons. The number of hydrogen-bond acceptors (Lipinski definition) is 3. The lowest BCUT2D eigenvalue weighted by Gasteiger charge is -2.13. The van der Waals surface area contributed by atoms with Gasteiger partial charge in [0.2, 0.25) is 5.95 Å². The molecule has 2 aromatic heterocycles. The number of imidazole rings is 1. The molecule has 0 saturated heterocycles. The molecule has 7 heteroatoms. The second-order valence-electron chi connectivity index (χ2n) is 4.31. The average molecular weight is 270 g/mol. The molecule has 0 atom stereocenters. The summed E-state index contributed by atoms with van der Waals surface area (Å²) < 4.78 is 39.0. The van der Waals surface area contributed by atoms with E-state index in [-0.39, 0.29) is 6.04 Å². The number of anilines is 2. The zero-order valence-electron chi connectivity index (χ0n) is 10.4. The maximum Gasteiger partial charge on any atom is 0.433 e. The van der Waals surface area contributed by atoms with Gasteiger partial charge in [-0.3, -0.25) is 0 Å². The highest BCUT2D eigenvalue weighted by atomic mass is 19.4. The molecule has 0 unspecified atom stereocenters. The van der Waals surface area contributed by atoms with Crippen molar-refractivity contribution in [1.82, 2.24) is 14.5 Å². The SMILES string of the molecule is CC(C)n1ccnc1Nc1ccc(C(F)(F)F)nc1. The fourth-order valence-electron chi connectivity index (χ4n) is 1.59. The Morgan fingerprint density at radius 2 is 1.95 bits per heavy atom. The minimum absolute atomic E-state index is 0.201. The molecule has 0 aliphatic rings. The summed E-state index contributed by atoms with van der Waals surface area (Å²) in [7, 11) is 0. The zero-order valence-corrected chi connectivity index (χ0v) is 10.4. The molecule has 0 aromatic carbocycles. The molecule has 0 aliphatic heterocycles. The molecule has 2 heterocycles. The summed E-state index contributed by atoms with van der Waals surface area (Å²) in [5.41, 5.74) is -0.452. The van der Waals surface area contributed by atoms with Gasteiger partial charge in [0.15, 0.2) is 0 Å². The van der Waals surface area contributed by atoms with Crippen LogP contribution in [0.5, 0.6) is 0 Å². The Morgan fingerprint density at radius 1 is 1.21 bits per heavy atom. The summed E-state index contributed by atoms with van der Waals surface area (Å²) in [5.74, 6) is 0.566. The predicted molar refractivity (Wildman–Crippen MR) is 65.1 cm³/mol. The minimum Gasteiger partial charge on any atom is -0.324 e. The van der Waals surface area contributed by atoms with Gasteiger partial charge in [0.05, 0.1) is 11.9 Å². The summed E-state index contributed by atoms with van der Waals surface area (Å²) in [6, 6.07) is 2.47. The van der Waals surface area contributed by atoms with Crippen LogP contribution in [0.2, 0.25) is 0 Å². The van der Waals surface area contributed by atoms with Crippen molar-refractivity contribution in [2.24, 2.45) is 0 Å². The molecule has 2 rings (SSSR count). The maximum absolute atomic E-state index is 12.4. The van der Waals surface area contributed by atoms with Gasteiger partial charge in [-0.25, -0.2) is 9.97 Å². The van der Waals surface area contributed by atoms with Crippen LogP contribution in [0.15, 0.2) is 30.7 Å². The molecule has 0 saturated carbocycles. The van der Waals surface area contributed by atoms with Crippen LogP contribution in [0.3, 0.4) is 0 Å². The van der Waals surface area contributed by atoms with Crippen molar-refractivity contribution in [3.05, 3.63) is 36.4 Å². The third-order valence-electron chi connectivity index (χ3n) is 2.54. The van der Waals surface area contributed by atoms with E-state index < -0.39 is 11.9 Å². The molecular weight excluding hydrogens is 257 g/mol. The number of nitrogens with zero attached hydrogens (tertiary/aromatic N) is 3. The second-order valence-corrected chi connectivity index (χ2v) is 4.31. The van der Waals surface area contributed by atoms with Gasteiger partial charge in [-0.2, -0.15) is 13.2 Å². The number of halogens is 3. The van der Waals surface area contributed by atoms with Crippen molar-refractivity contribution in [1.29, 1.82) is 0 Å². The largest absolute Gasteiger partial charge is 0.433 e. The molecule has 1 N–H and O–H groups in total. The van der Waals surface area contributed by atoms with Gasteiger partial charge in [-0.05, 0) is 26.0 Å². The highest BCUT2D eigenvalue weighted by Gasteiger charge is 2.32. The van der Waals surface area contributed by atoms with Crippen LogP contribution in [-0.2, 0) is 6.18 Å². The number of rotatable bonds is 3. The molecule has 102 valence electrons. The third kappa shape index (κ3) is 3.04. The first-order valence-electron chi connectivity index (χ1n) is 5.71. The molecule has 0 spiro atoms. The first kappa shape index (κ1) is 13.4. The van der Waals surface area contributed by atoms with E-state index in [0.717, 1.165) is 12.3 Å². The van der Waals surface area contributed by atoms with Crippen LogP contribution in [0.1, 0.15) is 25.6 Å². The molecule has 0 amide bonds. The Balaban J connectivity index is 2.18. The summed E-state index contributed by atoms with van der Waals surface area (Å²) in [6.45, 7) is 3.97. The van der Waals surface area contributed by atoms with Crippen LogP contribution < -0.4 is 5.32 Å². The van der Waals surface area contributed by atoms with Gasteiger partial charge < -0.3 is 9.88 Å². The Bertz CT molecular complexity index is 543. The van der Waals surface area contributed by atoms with Gasteiger partial charge >= 0.3 is 6.18 Å². The fourth-order valence-corrected chi connectivity index (χ4v) is 1.59. The first-order chi connectivity index (χ1) is 8.88. The van der Waals surface area contributed by atoms with E-state index >= 15 is 0 Å². The number of aromatic nitrogens is 3. The molecule has 0 bridgehead atoms. The summed E-state index contributed by atoms with van der Waals surface area (Å²) in [5, 5.41) is 2.93. The van der Waals surface area contributed by atoms with Crippen molar-refractivity contribution >= 4 is 11.6 Å². The molecule has 19 heavy (non-hydrogen) atoms. The van der Waals surface area contributed by atoms with Crippen molar-refractivity contribution in [3.63, 3.8) is 0 Å². The average Bonchev–Trinajstić information content (AvgIpc) is 2.77. The van der Waals surface area contributed by atoms with E-state index in [4.69, 9.17) is 0 Å². The zero-order chi connectivity index (χ0) is 14.0. The summed E-state index contributed by atoms with van der Waals surface area (Å²) in [6.07, 6.45) is 0.140. The molecule has 0 fully saturated rings. The van der Waals surface area contributed by atoms with E-state index in [1.807, 2.05) is 18.4 Å². The van der Waals surface area contributed by atoms with Crippen molar-refractivity contribution < 1.29 is 13.2 Å². The van der Waals surface area contributed by atoms with Gasteiger partial charge in [0, 0.05) is 18.4 Å². The molecule has 0 aliphatic carbocycles. The van der Waals surface area contributed by atoms with Gasteiger partial charge in [-0.15, -0.1) is 0 Å². The van der Waals surface area contributed by atoms with Gasteiger partial charge in [0.1, 0.15) is 5.69 Å². The lowest BCUT2D eigenvalue weighted by Crippen LogP contribution is -2.09. The quantitative estimate of drug-likeness (QED) is 0.926. The Labute approximate surface area is 108 Å². The van der Waals surface area contributed by atoms with Crippen molar-refractivity contribution in [2.75, 3.05) is 5.32 Å². The van der Waals surface area contributed by atoms with Crippen LogP contribution in [0, 0.1) is 0 Å². The predicted octanol–water partition coefficient (Wildman–Crippen LogP) is 3.62. The topological polar surface area (TPSA) is 42.7 Å². The summed E-state index contributed by atoms with van der Waals surface area (Å²) in [4.78, 5) is 7.49. The number of pyridine rings is 1. The smallest absolute Gasteiger partial charge is 0.324 e. The van der Waals surface area contributed by atoms with Crippen molar-refractivity contribution in [2.45, 2.75) is 26.1 Å². The maximum atomic E-state index is 12.4. The number of nitrogens with one attached hydrogen (secondary N) is 1.